The van der Waals surface area contributed by atoms with Crippen LogP contribution in [0.5, 0.6) is 0 Å². The molecule has 16 heavy (non-hydrogen) atoms. The summed E-state index contributed by atoms with van der Waals surface area (Å²) >= 11 is 0. The molecule has 0 bridgehead atoms. The van der Waals surface area contributed by atoms with E-state index in [1.54, 1.807) is 0 Å². The first kappa shape index (κ1) is 12.0. The molecule has 2 aliphatic rings. The van der Waals surface area contributed by atoms with Gasteiger partial charge in [0.05, 0.1) is 0 Å². The van der Waals surface area contributed by atoms with Crippen LogP contribution in [0, 0.1) is 18.3 Å². The summed E-state index contributed by atoms with van der Waals surface area (Å²) < 4.78 is 0. The monoisotopic (exact) mass is 220 g/mol. The number of terminal acetylenes is 1. The summed E-state index contributed by atoms with van der Waals surface area (Å²) in [6.45, 7) is 4.95. The van der Waals surface area contributed by atoms with Gasteiger partial charge in [-0.25, -0.2) is 0 Å². The molecule has 1 atom stereocenters. The van der Waals surface area contributed by atoms with E-state index in [2.05, 4.69) is 16.1 Å². The van der Waals surface area contributed by atoms with Crippen molar-refractivity contribution in [3.05, 3.63) is 0 Å². The van der Waals surface area contributed by atoms with Crippen LogP contribution in [0.2, 0.25) is 0 Å². The first-order chi connectivity index (χ1) is 7.90. The van der Waals surface area contributed by atoms with Gasteiger partial charge in [0.25, 0.3) is 0 Å². The summed E-state index contributed by atoms with van der Waals surface area (Å²) in [5, 5.41) is 3.51. The van der Waals surface area contributed by atoms with E-state index < -0.39 is 0 Å². The molecule has 1 heterocycles. The van der Waals surface area contributed by atoms with Crippen LogP contribution in [-0.4, -0.2) is 37.1 Å². The molecule has 2 rings (SSSR count). The third kappa shape index (κ3) is 3.81. The lowest BCUT2D eigenvalue weighted by atomic mass is 9.99. The van der Waals surface area contributed by atoms with Crippen LogP contribution in [0.3, 0.4) is 0 Å². The minimum Gasteiger partial charge on any atom is -0.316 e. The van der Waals surface area contributed by atoms with Crippen molar-refractivity contribution in [2.24, 2.45) is 5.92 Å². The molecule has 90 valence electrons. The highest BCUT2D eigenvalue weighted by atomic mass is 15.2. The van der Waals surface area contributed by atoms with Gasteiger partial charge in [0.2, 0.25) is 0 Å². The Morgan fingerprint density at radius 3 is 2.81 bits per heavy atom. The normalized spacial score (nSPS) is 25.6. The van der Waals surface area contributed by atoms with Crippen LogP contribution in [0.4, 0.5) is 0 Å². The summed E-state index contributed by atoms with van der Waals surface area (Å²) in [5.74, 6) is 3.62. The van der Waals surface area contributed by atoms with Crippen LogP contribution in [0.1, 0.15) is 38.5 Å². The van der Waals surface area contributed by atoms with Crippen LogP contribution in [0.25, 0.3) is 0 Å². The second-order valence-electron chi connectivity index (χ2n) is 5.25. The molecule has 1 unspecified atom stereocenters. The predicted octanol–water partition coefficient (Wildman–Crippen LogP) is 1.86. The highest BCUT2D eigenvalue weighted by molar-refractivity contribution is 4.88. The number of rotatable bonds is 6. The molecule has 0 spiro atoms. The number of nitrogens with zero attached hydrogens (tertiary/aromatic N) is 1. The molecular weight excluding hydrogens is 196 g/mol. The number of hydrogen-bond donors (Lipinski definition) is 1. The van der Waals surface area contributed by atoms with Crippen LogP contribution >= 0.6 is 0 Å². The molecule has 1 N–H and O–H groups in total. The Hall–Kier alpha value is -0.520. The molecule has 0 radical (unpaired) electrons. The van der Waals surface area contributed by atoms with E-state index in [-0.39, 0.29) is 0 Å². The molecule has 0 amide bonds. The van der Waals surface area contributed by atoms with E-state index in [0.717, 1.165) is 18.4 Å². The molecule has 1 saturated heterocycles. The van der Waals surface area contributed by atoms with Crippen molar-refractivity contribution in [3.63, 3.8) is 0 Å². The Kier molecular flexibility index (Phi) is 4.69. The minimum absolute atomic E-state index is 0.875. The summed E-state index contributed by atoms with van der Waals surface area (Å²) in [7, 11) is 0. The molecule has 1 saturated carbocycles. The number of nitrogens with one attached hydrogen (secondary N) is 1. The second kappa shape index (κ2) is 6.27. The van der Waals surface area contributed by atoms with Gasteiger partial charge in [-0.2, -0.15) is 0 Å². The molecular formula is C14H24N2. The lowest BCUT2D eigenvalue weighted by Crippen LogP contribution is -2.39. The standard InChI is InChI=1S/C14H24N2/c1-2-3-4-10-16(14-7-8-14)12-13-6-5-9-15-11-13/h1,13-15H,3-12H2. The summed E-state index contributed by atoms with van der Waals surface area (Å²) in [4.78, 5) is 2.69. The van der Waals surface area contributed by atoms with Gasteiger partial charge < -0.3 is 10.2 Å². The van der Waals surface area contributed by atoms with Crippen molar-refractivity contribution in [2.75, 3.05) is 26.2 Å². The maximum Gasteiger partial charge on any atom is 0.00982 e. The number of piperidine rings is 1. The Balaban J connectivity index is 1.71. The van der Waals surface area contributed by atoms with Gasteiger partial charge in [0.1, 0.15) is 0 Å². The van der Waals surface area contributed by atoms with Gasteiger partial charge in [0.15, 0.2) is 0 Å². The third-order valence-electron chi connectivity index (χ3n) is 3.72. The van der Waals surface area contributed by atoms with E-state index >= 15 is 0 Å². The smallest absolute Gasteiger partial charge is 0.00982 e. The van der Waals surface area contributed by atoms with Crippen molar-refractivity contribution in [1.82, 2.24) is 10.2 Å². The fraction of sp³-hybridized carbons (Fsp3) is 0.857. The largest absolute Gasteiger partial charge is 0.316 e. The summed E-state index contributed by atoms with van der Waals surface area (Å²) in [6.07, 6.45) is 13.0. The second-order valence-corrected chi connectivity index (χ2v) is 5.25. The molecule has 0 aromatic carbocycles. The SMILES string of the molecule is C#CCCCN(CC1CCCNC1)C1CC1. The molecule has 2 nitrogen and oxygen atoms in total. The minimum atomic E-state index is 0.875. The quantitative estimate of drug-likeness (QED) is 0.543. The zero-order valence-corrected chi connectivity index (χ0v) is 10.3. The fourth-order valence-electron chi connectivity index (χ4n) is 2.66. The first-order valence-electron chi connectivity index (χ1n) is 6.78. The topological polar surface area (TPSA) is 15.3 Å². The van der Waals surface area contributed by atoms with Crippen molar-refractivity contribution < 1.29 is 0 Å². The van der Waals surface area contributed by atoms with Crippen LogP contribution in [-0.2, 0) is 0 Å². The Morgan fingerprint density at radius 2 is 2.19 bits per heavy atom. The van der Waals surface area contributed by atoms with Crippen molar-refractivity contribution in [3.8, 4) is 12.3 Å². The Labute approximate surface area is 99.8 Å². The molecule has 1 aliphatic carbocycles. The molecule has 1 aliphatic heterocycles. The zero-order valence-electron chi connectivity index (χ0n) is 10.3. The van der Waals surface area contributed by atoms with Crippen molar-refractivity contribution >= 4 is 0 Å². The van der Waals surface area contributed by atoms with Gasteiger partial charge in [-0.15, -0.1) is 12.3 Å². The van der Waals surface area contributed by atoms with Crippen molar-refractivity contribution in [2.45, 2.75) is 44.6 Å². The average molecular weight is 220 g/mol. The molecule has 2 fully saturated rings. The van der Waals surface area contributed by atoms with E-state index in [1.165, 1.54) is 58.3 Å². The molecule has 0 aromatic rings. The maximum atomic E-state index is 5.31. The number of unbranched alkanes of at least 4 members (excludes halogenated alkanes) is 1. The molecule has 2 heteroatoms. The zero-order chi connectivity index (χ0) is 11.2. The third-order valence-corrected chi connectivity index (χ3v) is 3.72. The van der Waals surface area contributed by atoms with Crippen LogP contribution in [0.15, 0.2) is 0 Å². The van der Waals surface area contributed by atoms with Gasteiger partial charge in [-0.1, -0.05) is 0 Å². The van der Waals surface area contributed by atoms with E-state index in [4.69, 9.17) is 6.42 Å². The highest BCUT2D eigenvalue weighted by Crippen LogP contribution is 2.28. The van der Waals surface area contributed by atoms with Gasteiger partial charge in [-0.05, 0) is 57.7 Å². The van der Waals surface area contributed by atoms with Gasteiger partial charge in [-0.3, -0.25) is 0 Å². The van der Waals surface area contributed by atoms with Crippen molar-refractivity contribution in [1.29, 1.82) is 0 Å². The lowest BCUT2D eigenvalue weighted by molar-refractivity contribution is 0.198. The van der Waals surface area contributed by atoms with Gasteiger partial charge >= 0.3 is 0 Å². The Morgan fingerprint density at radius 1 is 1.31 bits per heavy atom. The maximum absolute atomic E-state index is 5.31. The lowest BCUT2D eigenvalue weighted by Gasteiger charge is -2.30. The summed E-state index contributed by atoms with van der Waals surface area (Å²) in [5.41, 5.74) is 0. The number of hydrogen-bond acceptors (Lipinski definition) is 2. The predicted molar refractivity (Wildman–Crippen MR) is 68.3 cm³/mol. The van der Waals surface area contributed by atoms with Gasteiger partial charge in [0, 0.05) is 19.0 Å². The van der Waals surface area contributed by atoms with Crippen LogP contribution < -0.4 is 5.32 Å². The average Bonchev–Trinajstić information content (AvgIpc) is 3.13. The fourth-order valence-corrected chi connectivity index (χ4v) is 2.66. The van der Waals surface area contributed by atoms with E-state index in [1.807, 2.05) is 0 Å². The van der Waals surface area contributed by atoms with E-state index in [0.29, 0.717) is 0 Å². The highest BCUT2D eigenvalue weighted by Gasteiger charge is 2.30. The first-order valence-corrected chi connectivity index (χ1v) is 6.78. The van der Waals surface area contributed by atoms with E-state index in [9.17, 15) is 0 Å². The Bertz CT molecular complexity index is 234. The summed E-state index contributed by atoms with van der Waals surface area (Å²) in [6, 6.07) is 0.889. The molecule has 0 aromatic heterocycles.